The maximum atomic E-state index is 12.8. The van der Waals surface area contributed by atoms with Crippen molar-refractivity contribution in [1.29, 1.82) is 0 Å². The van der Waals surface area contributed by atoms with Crippen molar-refractivity contribution in [1.82, 2.24) is 10.3 Å². The third kappa shape index (κ3) is 5.16. The monoisotopic (exact) mass is 381 g/mol. The Morgan fingerprint density at radius 1 is 1.11 bits per heavy atom. The number of aromatic nitrogens is 1. The molecule has 1 aliphatic heterocycles. The van der Waals surface area contributed by atoms with Crippen LogP contribution in [-0.2, 0) is 4.74 Å². The Morgan fingerprint density at radius 2 is 1.86 bits per heavy atom. The van der Waals surface area contributed by atoms with Gasteiger partial charge in [-0.1, -0.05) is 12.5 Å². The van der Waals surface area contributed by atoms with E-state index >= 15 is 0 Å². The predicted octanol–water partition coefficient (Wildman–Crippen LogP) is 4.10. The first-order chi connectivity index (χ1) is 13.3. The number of pyridine rings is 1. The van der Waals surface area contributed by atoms with Crippen LogP contribution in [-0.4, -0.2) is 29.0 Å². The summed E-state index contributed by atoms with van der Waals surface area (Å²) in [5, 5.41) is 6.29. The van der Waals surface area contributed by atoms with Crippen molar-refractivity contribution in [2.24, 2.45) is 0 Å². The molecule has 1 atom stereocenters. The lowest BCUT2D eigenvalue weighted by atomic mass is 9.94. The van der Waals surface area contributed by atoms with Crippen LogP contribution in [0, 0.1) is 0 Å². The normalized spacial score (nSPS) is 17.0. The molecule has 148 valence electrons. The first kappa shape index (κ1) is 20.0. The van der Waals surface area contributed by atoms with Gasteiger partial charge in [0.15, 0.2) is 0 Å². The van der Waals surface area contributed by atoms with Gasteiger partial charge in [0.1, 0.15) is 5.60 Å². The summed E-state index contributed by atoms with van der Waals surface area (Å²) < 4.78 is 5.56. The summed E-state index contributed by atoms with van der Waals surface area (Å²) in [6.45, 7) is 6.40. The molecule has 1 aromatic carbocycles. The third-order valence-corrected chi connectivity index (χ3v) is 4.56. The van der Waals surface area contributed by atoms with Crippen LogP contribution in [0.5, 0.6) is 0 Å². The van der Waals surface area contributed by atoms with Crippen LogP contribution in [0.15, 0.2) is 42.7 Å². The highest BCUT2D eigenvalue weighted by molar-refractivity contribution is 6.11. The number of carbonyl (C=O) groups is 2. The SMILES string of the molecule is CC(C)(C)OC(=O)c1cc(C2CCCCN2)ccc1C(=O)Nc1ccncc1. The molecule has 6 nitrogen and oxygen atoms in total. The summed E-state index contributed by atoms with van der Waals surface area (Å²) >= 11 is 0. The van der Waals surface area contributed by atoms with Gasteiger partial charge in [0.25, 0.3) is 5.91 Å². The average molecular weight is 381 g/mol. The molecule has 1 unspecified atom stereocenters. The number of nitrogens with zero attached hydrogens (tertiary/aromatic N) is 1. The number of esters is 1. The lowest BCUT2D eigenvalue weighted by Crippen LogP contribution is -2.28. The minimum Gasteiger partial charge on any atom is -0.456 e. The maximum absolute atomic E-state index is 12.8. The second-order valence-corrected chi connectivity index (χ2v) is 8.00. The van der Waals surface area contributed by atoms with Gasteiger partial charge in [-0.05, 0) is 70.0 Å². The standard InChI is InChI=1S/C22H27N3O3/c1-22(2,3)28-21(27)18-14-15(19-6-4-5-11-24-19)7-8-17(18)20(26)25-16-9-12-23-13-10-16/h7-10,12-14,19,24H,4-6,11H2,1-3H3,(H,23,25,26). The van der Waals surface area contributed by atoms with Crippen molar-refractivity contribution < 1.29 is 14.3 Å². The molecular weight excluding hydrogens is 354 g/mol. The van der Waals surface area contributed by atoms with Gasteiger partial charge in [-0.2, -0.15) is 0 Å². The van der Waals surface area contributed by atoms with Crippen LogP contribution in [0.3, 0.4) is 0 Å². The second kappa shape index (κ2) is 8.52. The molecular formula is C22H27N3O3. The van der Waals surface area contributed by atoms with Crippen LogP contribution in [0.4, 0.5) is 5.69 Å². The molecule has 1 saturated heterocycles. The predicted molar refractivity (Wildman–Crippen MR) is 108 cm³/mol. The van der Waals surface area contributed by atoms with E-state index in [0.29, 0.717) is 11.3 Å². The third-order valence-electron chi connectivity index (χ3n) is 4.56. The van der Waals surface area contributed by atoms with E-state index in [1.807, 2.05) is 26.8 Å². The molecule has 1 fully saturated rings. The van der Waals surface area contributed by atoms with E-state index in [0.717, 1.165) is 31.4 Å². The smallest absolute Gasteiger partial charge is 0.339 e. The molecule has 1 aliphatic rings. The summed E-state index contributed by atoms with van der Waals surface area (Å²) in [5.41, 5.74) is 1.56. The average Bonchev–Trinajstić information content (AvgIpc) is 2.67. The van der Waals surface area contributed by atoms with Crippen LogP contribution in [0.2, 0.25) is 0 Å². The van der Waals surface area contributed by atoms with Crippen molar-refractivity contribution in [3.63, 3.8) is 0 Å². The van der Waals surface area contributed by atoms with E-state index in [1.54, 1.807) is 36.7 Å². The first-order valence-electron chi connectivity index (χ1n) is 9.65. The highest BCUT2D eigenvalue weighted by Crippen LogP contribution is 2.26. The van der Waals surface area contributed by atoms with Gasteiger partial charge in [-0.15, -0.1) is 0 Å². The van der Waals surface area contributed by atoms with Crippen molar-refractivity contribution in [2.75, 3.05) is 11.9 Å². The van der Waals surface area contributed by atoms with Gasteiger partial charge < -0.3 is 15.4 Å². The largest absolute Gasteiger partial charge is 0.456 e. The Labute approximate surface area is 165 Å². The number of ether oxygens (including phenoxy) is 1. The van der Waals surface area contributed by atoms with Crippen LogP contribution in [0.25, 0.3) is 0 Å². The number of hydrogen-bond donors (Lipinski definition) is 2. The van der Waals surface area contributed by atoms with Gasteiger partial charge in [0.05, 0.1) is 11.1 Å². The molecule has 2 aromatic rings. The van der Waals surface area contributed by atoms with Gasteiger partial charge in [0, 0.05) is 24.1 Å². The zero-order valence-electron chi connectivity index (χ0n) is 16.6. The molecule has 0 radical (unpaired) electrons. The van der Waals surface area contributed by atoms with E-state index < -0.39 is 11.6 Å². The van der Waals surface area contributed by atoms with Crippen LogP contribution >= 0.6 is 0 Å². The van der Waals surface area contributed by atoms with Crippen LogP contribution < -0.4 is 10.6 Å². The lowest BCUT2D eigenvalue weighted by Gasteiger charge is -2.25. The fourth-order valence-corrected chi connectivity index (χ4v) is 3.25. The van der Waals surface area contributed by atoms with E-state index in [9.17, 15) is 9.59 Å². The van der Waals surface area contributed by atoms with Gasteiger partial charge >= 0.3 is 5.97 Å². The van der Waals surface area contributed by atoms with Gasteiger partial charge in [-0.25, -0.2) is 4.79 Å². The highest BCUT2D eigenvalue weighted by atomic mass is 16.6. The van der Waals surface area contributed by atoms with E-state index in [-0.39, 0.29) is 17.5 Å². The van der Waals surface area contributed by atoms with Gasteiger partial charge in [-0.3, -0.25) is 9.78 Å². The summed E-state index contributed by atoms with van der Waals surface area (Å²) in [4.78, 5) is 29.6. The zero-order chi connectivity index (χ0) is 20.1. The number of amides is 1. The number of nitrogens with one attached hydrogen (secondary N) is 2. The molecule has 0 spiro atoms. The summed E-state index contributed by atoms with van der Waals surface area (Å²) in [6.07, 6.45) is 6.51. The quantitative estimate of drug-likeness (QED) is 0.779. The summed E-state index contributed by atoms with van der Waals surface area (Å²) in [6, 6.07) is 9.00. The number of anilines is 1. The van der Waals surface area contributed by atoms with Crippen molar-refractivity contribution in [3.8, 4) is 0 Å². The molecule has 3 rings (SSSR count). The molecule has 2 heterocycles. The number of carbonyl (C=O) groups excluding carboxylic acids is 2. The number of rotatable bonds is 4. The molecule has 1 aromatic heterocycles. The molecule has 0 saturated carbocycles. The topological polar surface area (TPSA) is 80.3 Å². The van der Waals surface area contributed by atoms with E-state index in [4.69, 9.17) is 4.74 Å². The number of hydrogen-bond acceptors (Lipinski definition) is 5. The minimum atomic E-state index is -0.644. The highest BCUT2D eigenvalue weighted by Gasteiger charge is 2.25. The van der Waals surface area contributed by atoms with Gasteiger partial charge in [0.2, 0.25) is 0 Å². The summed E-state index contributed by atoms with van der Waals surface area (Å²) in [7, 11) is 0. The first-order valence-corrected chi connectivity index (χ1v) is 9.65. The Bertz CT molecular complexity index is 838. The number of piperidine rings is 1. The lowest BCUT2D eigenvalue weighted by molar-refractivity contribution is 0.00676. The van der Waals surface area contributed by atoms with E-state index in [2.05, 4.69) is 15.6 Å². The minimum absolute atomic E-state index is 0.187. The molecule has 0 aliphatic carbocycles. The van der Waals surface area contributed by atoms with E-state index in [1.165, 1.54) is 0 Å². The molecule has 1 amide bonds. The molecule has 6 heteroatoms. The Balaban J connectivity index is 1.92. The van der Waals surface area contributed by atoms with Crippen molar-refractivity contribution >= 4 is 17.6 Å². The fraction of sp³-hybridized carbons (Fsp3) is 0.409. The van der Waals surface area contributed by atoms with Crippen LogP contribution in [0.1, 0.15) is 72.4 Å². The molecule has 0 bridgehead atoms. The Kier molecular flexibility index (Phi) is 6.09. The number of benzene rings is 1. The summed E-state index contributed by atoms with van der Waals surface area (Å²) in [5.74, 6) is -0.847. The zero-order valence-corrected chi connectivity index (χ0v) is 16.6. The van der Waals surface area contributed by atoms with Crippen molar-refractivity contribution in [3.05, 3.63) is 59.4 Å². The van der Waals surface area contributed by atoms with Crippen molar-refractivity contribution in [2.45, 2.75) is 51.7 Å². The molecule has 28 heavy (non-hydrogen) atoms. The second-order valence-electron chi connectivity index (χ2n) is 8.00. The Hall–Kier alpha value is -2.73. The maximum Gasteiger partial charge on any atom is 0.339 e. The fourth-order valence-electron chi connectivity index (χ4n) is 3.25. The Morgan fingerprint density at radius 3 is 2.50 bits per heavy atom. The molecule has 2 N–H and O–H groups in total.